The molecule has 12 nitrogen and oxygen atoms in total. The average Bonchev–Trinajstić information content (AvgIpc) is 3.97. The Kier molecular flexibility index (Phi) is 10.8. The lowest BCUT2D eigenvalue weighted by Crippen LogP contribution is -2.57. The highest BCUT2D eigenvalue weighted by molar-refractivity contribution is 7.91. The summed E-state index contributed by atoms with van der Waals surface area (Å²) < 4.78 is 39.5. The van der Waals surface area contributed by atoms with Crippen LogP contribution in [0.1, 0.15) is 116 Å². The van der Waals surface area contributed by atoms with E-state index in [1.807, 2.05) is 33.8 Å². The first-order valence-corrected chi connectivity index (χ1v) is 21.0. The Hall–Kier alpha value is -3.48. The van der Waals surface area contributed by atoms with Crippen molar-refractivity contribution in [2.75, 3.05) is 13.2 Å². The zero-order valence-electron chi connectivity index (χ0n) is 32.1. The molecule has 1 aromatic carbocycles. The van der Waals surface area contributed by atoms with Crippen LogP contribution in [0.3, 0.4) is 0 Å². The quantitative estimate of drug-likeness (QED) is 0.406. The first-order valence-electron chi connectivity index (χ1n) is 19.5. The molecule has 2 saturated carbocycles. The van der Waals surface area contributed by atoms with E-state index < -0.39 is 68.0 Å². The highest BCUT2D eigenvalue weighted by atomic mass is 32.2. The molecule has 3 fully saturated rings. The smallest absolute Gasteiger partial charge is 0.309 e. The molecule has 2 heterocycles. The number of benzene rings is 1. The van der Waals surface area contributed by atoms with Crippen LogP contribution in [0.4, 0.5) is 0 Å². The van der Waals surface area contributed by atoms with Crippen molar-refractivity contribution in [2.24, 2.45) is 28.6 Å². The molecule has 53 heavy (non-hydrogen) atoms. The van der Waals surface area contributed by atoms with Gasteiger partial charge in [-0.3, -0.25) is 28.7 Å². The van der Waals surface area contributed by atoms with Gasteiger partial charge in [0.1, 0.15) is 17.7 Å². The Bertz CT molecular complexity index is 1750. The van der Waals surface area contributed by atoms with Crippen LogP contribution in [0.25, 0.3) is 0 Å². The van der Waals surface area contributed by atoms with Crippen molar-refractivity contribution in [3.63, 3.8) is 0 Å². The number of hydrogen-bond donors (Lipinski definition) is 2. The van der Waals surface area contributed by atoms with Gasteiger partial charge < -0.3 is 19.7 Å². The number of sulfonamides is 1. The predicted octanol–water partition coefficient (Wildman–Crippen LogP) is 4.16. The number of amides is 3. The minimum Gasteiger partial charge on any atom is -0.465 e. The molecule has 6 rings (SSSR count). The van der Waals surface area contributed by atoms with Gasteiger partial charge in [0.05, 0.1) is 36.7 Å². The van der Waals surface area contributed by atoms with Gasteiger partial charge in [0, 0.05) is 6.42 Å². The number of carbonyl (C=O) groups is 5. The number of esters is 2. The molecule has 4 bridgehead atoms. The Morgan fingerprint density at radius 2 is 1.74 bits per heavy atom. The molecule has 0 aromatic heterocycles. The second-order valence-corrected chi connectivity index (χ2v) is 20.0. The summed E-state index contributed by atoms with van der Waals surface area (Å²) in [5.74, 6) is -4.26. The molecular weight excluding hydrogens is 699 g/mol. The monoisotopic (exact) mass is 755 g/mol. The fraction of sp³-hybridized carbons (Fsp3) is 0.725. The molecule has 6 atom stereocenters. The van der Waals surface area contributed by atoms with E-state index in [0.717, 1.165) is 31.2 Å². The normalized spacial score (nSPS) is 30.9. The maximum atomic E-state index is 14.6. The lowest BCUT2D eigenvalue weighted by atomic mass is 9.77. The third-order valence-electron chi connectivity index (χ3n) is 12.2. The average molecular weight is 756 g/mol. The molecule has 0 spiro atoms. The highest BCUT2D eigenvalue weighted by Crippen LogP contribution is 2.47. The van der Waals surface area contributed by atoms with Crippen LogP contribution in [0, 0.1) is 28.6 Å². The van der Waals surface area contributed by atoms with E-state index in [1.165, 1.54) is 16.0 Å². The number of nitrogens with zero attached hydrogens (tertiary/aromatic N) is 1. The van der Waals surface area contributed by atoms with Gasteiger partial charge in [0.15, 0.2) is 0 Å². The SMILES string of the molecule is CC[C@@H]1C[C@]1(NC(=O)[C@@H]1C[C@@H]2CN1C(=O)[C@H](C(C)(C)C)CC(=O)OCC(C)(C)CCCCc1cccc3c1CC(C3)C(=O)O2)C(=O)NS(=O)(=O)C1CC1. The molecule has 292 valence electrons. The summed E-state index contributed by atoms with van der Waals surface area (Å²) >= 11 is 0. The van der Waals surface area contributed by atoms with Crippen molar-refractivity contribution in [1.29, 1.82) is 0 Å². The predicted molar refractivity (Wildman–Crippen MR) is 197 cm³/mol. The van der Waals surface area contributed by atoms with Gasteiger partial charge in [-0.1, -0.05) is 72.6 Å². The number of ether oxygens (including phenoxy) is 2. The van der Waals surface area contributed by atoms with E-state index in [1.54, 1.807) is 0 Å². The van der Waals surface area contributed by atoms with Crippen LogP contribution in [0.15, 0.2) is 18.2 Å². The Balaban J connectivity index is 1.28. The zero-order chi connectivity index (χ0) is 38.5. The first-order chi connectivity index (χ1) is 24.8. The van der Waals surface area contributed by atoms with Crippen molar-refractivity contribution in [3.05, 3.63) is 34.9 Å². The Morgan fingerprint density at radius 1 is 1.02 bits per heavy atom. The van der Waals surface area contributed by atoms with Crippen molar-refractivity contribution in [3.8, 4) is 0 Å². The van der Waals surface area contributed by atoms with E-state index in [2.05, 4.69) is 36.0 Å². The van der Waals surface area contributed by atoms with Crippen LogP contribution >= 0.6 is 0 Å². The van der Waals surface area contributed by atoms with Gasteiger partial charge in [-0.2, -0.15) is 0 Å². The van der Waals surface area contributed by atoms with Crippen molar-refractivity contribution in [1.82, 2.24) is 14.9 Å². The summed E-state index contributed by atoms with van der Waals surface area (Å²) in [6.45, 7) is 11.7. The van der Waals surface area contributed by atoms with Gasteiger partial charge in [-0.05, 0) is 84.8 Å². The second-order valence-electron chi connectivity index (χ2n) is 18.1. The van der Waals surface area contributed by atoms with Crippen LogP contribution in [-0.2, 0) is 62.7 Å². The van der Waals surface area contributed by atoms with Gasteiger partial charge in [0.25, 0.3) is 5.91 Å². The summed E-state index contributed by atoms with van der Waals surface area (Å²) in [4.78, 5) is 70.9. The van der Waals surface area contributed by atoms with Crippen molar-refractivity contribution >= 4 is 39.7 Å². The summed E-state index contributed by atoms with van der Waals surface area (Å²) in [5, 5.41) is 2.24. The molecule has 2 N–H and O–H groups in total. The number of fused-ring (bicyclic) bond motifs is 3. The van der Waals surface area contributed by atoms with Crippen molar-refractivity contribution < 1.29 is 41.9 Å². The molecule has 13 heteroatoms. The largest absolute Gasteiger partial charge is 0.465 e. The minimum absolute atomic E-state index is 0.00139. The Morgan fingerprint density at radius 3 is 2.40 bits per heavy atom. The molecule has 3 aliphatic carbocycles. The number of carbonyl (C=O) groups excluding carboxylic acids is 5. The molecule has 3 amide bonds. The summed E-state index contributed by atoms with van der Waals surface area (Å²) in [6.07, 6.45) is 5.51. The van der Waals surface area contributed by atoms with E-state index in [0.29, 0.717) is 32.1 Å². The lowest BCUT2D eigenvalue weighted by molar-refractivity contribution is -0.156. The second kappa shape index (κ2) is 14.6. The molecule has 1 aromatic rings. The standard InChI is InChI=1S/C40H57N3O9S/c1-7-27-21-40(27,37(48)42-53(49,50)29-14-15-29)41-34(45)32-19-28-22-43(32)35(46)31(38(2,3)4)20-33(44)51-23-39(5,6)16-9-8-11-24-12-10-13-25-17-26(18-30(24)25)36(47)52-28/h10,12-13,26-29,31-32H,7-9,11,14-23H2,1-6H3,(H,41,45)(H,42,48)/t26?,27-,28-,31-,32+,40-/m1/s1. The first kappa shape index (κ1) is 39.2. The van der Waals surface area contributed by atoms with E-state index in [9.17, 15) is 32.4 Å². The maximum Gasteiger partial charge on any atom is 0.309 e. The van der Waals surface area contributed by atoms with Crippen LogP contribution in [-0.4, -0.2) is 79.1 Å². The van der Waals surface area contributed by atoms with E-state index in [4.69, 9.17) is 9.47 Å². The topological polar surface area (TPSA) is 165 Å². The molecule has 1 saturated heterocycles. The number of hydrogen-bond acceptors (Lipinski definition) is 9. The van der Waals surface area contributed by atoms with Crippen LogP contribution < -0.4 is 10.0 Å². The molecule has 1 unspecified atom stereocenters. The summed E-state index contributed by atoms with van der Waals surface area (Å²) in [7, 11) is -3.86. The molecule has 5 aliphatic rings. The fourth-order valence-electron chi connectivity index (χ4n) is 8.51. The van der Waals surface area contributed by atoms with Crippen LogP contribution in [0.5, 0.6) is 0 Å². The molecule has 2 aliphatic heterocycles. The summed E-state index contributed by atoms with van der Waals surface area (Å²) in [5.41, 5.74) is 1.15. The molecule has 0 radical (unpaired) electrons. The lowest BCUT2D eigenvalue weighted by Gasteiger charge is -2.35. The van der Waals surface area contributed by atoms with Gasteiger partial charge in [0.2, 0.25) is 21.8 Å². The highest BCUT2D eigenvalue weighted by Gasteiger charge is 2.62. The fourth-order valence-corrected chi connectivity index (χ4v) is 9.88. The van der Waals surface area contributed by atoms with Gasteiger partial charge >= 0.3 is 11.9 Å². The number of cyclic esters (lactones) is 1. The number of nitrogens with one attached hydrogen (secondary N) is 2. The van der Waals surface area contributed by atoms with Gasteiger partial charge in [-0.15, -0.1) is 0 Å². The summed E-state index contributed by atoms with van der Waals surface area (Å²) in [6, 6.07) is 5.10. The third-order valence-corrected chi connectivity index (χ3v) is 14.0. The number of rotatable bonds is 6. The molecular formula is C40H57N3O9S. The Labute approximate surface area is 313 Å². The van der Waals surface area contributed by atoms with Crippen LogP contribution in [0.2, 0.25) is 0 Å². The zero-order valence-corrected chi connectivity index (χ0v) is 32.9. The van der Waals surface area contributed by atoms with E-state index in [-0.39, 0.29) is 55.6 Å². The minimum atomic E-state index is -3.86. The van der Waals surface area contributed by atoms with E-state index >= 15 is 0 Å². The van der Waals surface area contributed by atoms with Crippen molar-refractivity contribution in [2.45, 2.75) is 142 Å². The third kappa shape index (κ3) is 8.60. The maximum absolute atomic E-state index is 14.6. The van der Waals surface area contributed by atoms with Gasteiger partial charge in [-0.25, -0.2) is 8.42 Å². The number of aryl methyl sites for hydroxylation is 1.